The molecule has 1 heterocycles. The third-order valence-corrected chi connectivity index (χ3v) is 2.84. The first-order chi connectivity index (χ1) is 8.36. The summed E-state index contributed by atoms with van der Waals surface area (Å²) in [6.07, 6.45) is 1.80. The minimum absolute atomic E-state index is 0.241. The van der Waals surface area contributed by atoms with Gasteiger partial charge in [-0.15, -0.1) is 5.10 Å². The molecule has 0 spiro atoms. The highest BCUT2D eigenvalue weighted by Gasteiger charge is 2.18. The lowest BCUT2D eigenvalue weighted by Gasteiger charge is -2.13. The number of hydrogen-bond donors (Lipinski definition) is 1. The summed E-state index contributed by atoms with van der Waals surface area (Å²) >= 11 is 0. The van der Waals surface area contributed by atoms with Crippen molar-refractivity contribution in [2.24, 2.45) is 5.73 Å². The molecule has 5 heteroatoms. The van der Waals surface area contributed by atoms with Gasteiger partial charge in [0.05, 0.1) is 18.3 Å². The van der Waals surface area contributed by atoms with Crippen LogP contribution in [0.3, 0.4) is 0 Å². The molecule has 0 aliphatic heterocycles. The molecule has 0 bridgehead atoms. The van der Waals surface area contributed by atoms with Crippen molar-refractivity contribution in [1.82, 2.24) is 15.0 Å². The Morgan fingerprint density at radius 3 is 2.72 bits per heavy atom. The van der Waals surface area contributed by atoms with Gasteiger partial charge in [0, 0.05) is 0 Å². The zero-order valence-electron chi connectivity index (χ0n) is 10.8. The van der Waals surface area contributed by atoms with Crippen LogP contribution in [-0.2, 0) is 12.1 Å². The first-order valence-electron chi connectivity index (χ1n) is 5.81. The monoisotopic (exact) mass is 248 g/mol. The number of aromatic nitrogens is 3. The summed E-state index contributed by atoms with van der Waals surface area (Å²) in [5, 5.41) is 8.04. The van der Waals surface area contributed by atoms with Crippen molar-refractivity contribution in [3.05, 3.63) is 47.0 Å². The first-order valence-corrected chi connectivity index (χ1v) is 5.81. The van der Waals surface area contributed by atoms with Gasteiger partial charge in [0.25, 0.3) is 0 Å². The van der Waals surface area contributed by atoms with Crippen LogP contribution in [0, 0.1) is 12.7 Å². The molecule has 0 saturated heterocycles. The zero-order valence-corrected chi connectivity index (χ0v) is 10.8. The maximum atomic E-state index is 13.2. The van der Waals surface area contributed by atoms with Crippen LogP contribution < -0.4 is 5.73 Å². The molecule has 0 aliphatic carbocycles. The van der Waals surface area contributed by atoms with E-state index in [-0.39, 0.29) is 5.82 Å². The summed E-state index contributed by atoms with van der Waals surface area (Å²) in [4.78, 5) is 0. The molecule has 4 nitrogen and oxygen atoms in total. The molecule has 18 heavy (non-hydrogen) atoms. The smallest absolute Gasteiger partial charge is 0.123 e. The third kappa shape index (κ3) is 2.73. The summed E-state index contributed by atoms with van der Waals surface area (Å²) in [6.45, 7) is 6.18. The van der Waals surface area contributed by atoms with Crippen LogP contribution in [0.15, 0.2) is 24.4 Å². The van der Waals surface area contributed by atoms with E-state index in [1.54, 1.807) is 16.9 Å². The SMILES string of the molecule is Cc1ccc(F)cc1Cn1cc(C(C)(C)N)nn1. The highest BCUT2D eigenvalue weighted by atomic mass is 19.1. The number of benzene rings is 1. The van der Waals surface area contributed by atoms with Crippen LogP contribution in [0.5, 0.6) is 0 Å². The lowest BCUT2D eigenvalue weighted by atomic mass is 10.0. The van der Waals surface area contributed by atoms with Crippen LogP contribution in [-0.4, -0.2) is 15.0 Å². The lowest BCUT2D eigenvalue weighted by Crippen LogP contribution is -2.29. The van der Waals surface area contributed by atoms with E-state index in [0.29, 0.717) is 6.54 Å². The van der Waals surface area contributed by atoms with Gasteiger partial charge in [-0.1, -0.05) is 11.3 Å². The average Bonchev–Trinajstić information content (AvgIpc) is 2.71. The molecule has 0 atom stereocenters. The van der Waals surface area contributed by atoms with Crippen molar-refractivity contribution >= 4 is 0 Å². The second kappa shape index (κ2) is 4.49. The Morgan fingerprint density at radius 2 is 2.11 bits per heavy atom. The van der Waals surface area contributed by atoms with E-state index in [0.717, 1.165) is 16.8 Å². The maximum Gasteiger partial charge on any atom is 0.123 e. The fourth-order valence-electron chi connectivity index (χ4n) is 1.66. The molecule has 1 aromatic heterocycles. The van der Waals surface area contributed by atoms with E-state index in [1.165, 1.54) is 12.1 Å². The minimum atomic E-state index is -0.519. The van der Waals surface area contributed by atoms with E-state index in [9.17, 15) is 4.39 Å². The van der Waals surface area contributed by atoms with Crippen LogP contribution in [0.2, 0.25) is 0 Å². The van der Waals surface area contributed by atoms with E-state index in [1.807, 2.05) is 20.8 Å². The molecule has 0 unspecified atom stereocenters. The molecular formula is C13H17FN4. The van der Waals surface area contributed by atoms with Crippen molar-refractivity contribution < 1.29 is 4.39 Å². The molecule has 0 amide bonds. The van der Waals surface area contributed by atoms with Crippen molar-refractivity contribution in [3.8, 4) is 0 Å². The van der Waals surface area contributed by atoms with Gasteiger partial charge in [0.1, 0.15) is 11.5 Å². The number of rotatable bonds is 3. The summed E-state index contributed by atoms with van der Waals surface area (Å²) in [7, 11) is 0. The average molecular weight is 248 g/mol. The number of hydrogen-bond acceptors (Lipinski definition) is 3. The van der Waals surface area contributed by atoms with Crippen LogP contribution in [0.4, 0.5) is 4.39 Å². The number of halogens is 1. The van der Waals surface area contributed by atoms with Gasteiger partial charge in [-0.25, -0.2) is 9.07 Å². The molecule has 1 aromatic carbocycles. The van der Waals surface area contributed by atoms with Crippen LogP contribution >= 0.6 is 0 Å². The fourth-order valence-corrected chi connectivity index (χ4v) is 1.66. The minimum Gasteiger partial charge on any atom is -0.320 e. The molecule has 0 aliphatic rings. The normalized spacial score (nSPS) is 11.8. The van der Waals surface area contributed by atoms with Gasteiger partial charge in [-0.3, -0.25) is 0 Å². The van der Waals surface area contributed by atoms with Gasteiger partial charge in [0.2, 0.25) is 0 Å². The summed E-state index contributed by atoms with van der Waals surface area (Å²) in [6, 6.07) is 4.73. The molecule has 96 valence electrons. The molecule has 0 fully saturated rings. The van der Waals surface area contributed by atoms with Crippen LogP contribution in [0.1, 0.15) is 30.7 Å². The van der Waals surface area contributed by atoms with E-state index >= 15 is 0 Å². The largest absolute Gasteiger partial charge is 0.320 e. The molecule has 0 radical (unpaired) electrons. The van der Waals surface area contributed by atoms with Gasteiger partial charge < -0.3 is 5.73 Å². The quantitative estimate of drug-likeness (QED) is 0.903. The topological polar surface area (TPSA) is 56.7 Å². The van der Waals surface area contributed by atoms with Crippen molar-refractivity contribution in [2.45, 2.75) is 32.9 Å². The van der Waals surface area contributed by atoms with Gasteiger partial charge in [-0.05, 0) is 44.0 Å². The van der Waals surface area contributed by atoms with E-state index in [2.05, 4.69) is 10.3 Å². The Kier molecular flexibility index (Phi) is 3.17. The predicted molar refractivity (Wildman–Crippen MR) is 67.5 cm³/mol. The van der Waals surface area contributed by atoms with Crippen LogP contribution in [0.25, 0.3) is 0 Å². The van der Waals surface area contributed by atoms with Gasteiger partial charge in [0.15, 0.2) is 0 Å². The number of aryl methyl sites for hydroxylation is 1. The standard InChI is InChI=1S/C13H17FN4/c1-9-4-5-11(14)6-10(9)7-18-8-12(16-17-18)13(2,3)15/h4-6,8H,7,15H2,1-3H3. The van der Waals surface area contributed by atoms with Crippen molar-refractivity contribution in [1.29, 1.82) is 0 Å². The predicted octanol–water partition coefficient (Wildman–Crippen LogP) is 1.97. The second-order valence-corrected chi connectivity index (χ2v) is 5.09. The highest BCUT2D eigenvalue weighted by molar-refractivity contribution is 5.26. The molecule has 2 rings (SSSR count). The Labute approximate surface area is 106 Å². The fraction of sp³-hybridized carbons (Fsp3) is 0.385. The first kappa shape index (κ1) is 12.7. The maximum absolute atomic E-state index is 13.2. The molecule has 2 N–H and O–H groups in total. The summed E-state index contributed by atoms with van der Waals surface area (Å²) < 4.78 is 14.9. The van der Waals surface area contributed by atoms with E-state index < -0.39 is 5.54 Å². The summed E-state index contributed by atoms with van der Waals surface area (Å²) in [5.74, 6) is -0.241. The molecular weight excluding hydrogens is 231 g/mol. The number of nitrogens with zero attached hydrogens (tertiary/aromatic N) is 3. The van der Waals surface area contributed by atoms with Gasteiger partial charge >= 0.3 is 0 Å². The van der Waals surface area contributed by atoms with E-state index in [4.69, 9.17) is 5.73 Å². The Bertz CT molecular complexity index is 554. The van der Waals surface area contributed by atoms with Crippen molar-refractivity contribution in [2.75, 3.05) is 0 Å². The zero-order chi connectivity index (χ0) is 13.3. The molecule has 2 aromatic rings. The lowest BCUT2D eigenvalue weighted by molar-refractivity contribution is 0.533. The third-order valence-electron chi connectivity index (χ3n) is 2.84. The summed E-state index contributed by atoms with van der Waals surface area (Å²) in [5.41, 5.74) is 8.06. The Morgan fingerprint density at radius 1 is 1.39 bits per heavy atom. The second-order valence-electron chi connectivity index (χ2n) is 5.09. The highest BCUT2D eigenvalue weighted by Crippen LogP contribution is 2.15. The van der Waals surface area contributed by atoms with Gasteiger partial charge in [-0.2, -0.15) is 0 Å². The van der Waals surface area contributed by atoms with Crippen molar-refractivity contribution in [3.63, 3.8) is 0 Å². The molecule has 0 saturated carbocycles. The Hall–Kier alpha value is -1.75. The number of nitrogens with two attached hydrogens (primary N) is 1. The Balaban J connectivity index is 2.24.